The standard InChI is InChI=1S/C15H24Cl2N4/c1-3-6-18-14-12(16)8-13(17)15(20-14)19-9-11-5-7-21(4-2)10-11/h8,11H,3-7,9-10H2,1-2H3,(H2,18,19,20). The summed E-state index contributed by atoms with van der Waals surface area (Å²) in [6.45, 7) is 9.53. The molecule has 0 bridgehead atoms. The van der Waals surface area contributed by atoms with Gasteiger partial charge in [-0.3, -0.25) is 0 Å². The lowest BCUT2D eigenvalue weighted by atomic mass is 10.1. The average molecular weight is 331 g/mol. The third-order valence-electron chi connectivity index (χ3n) is 3.85. The van der Waals surface area contributed by atoms with Crippen LogP contribution in [-0.4, -0.2) is 42.6 Å². The van der Waals surface area contributed by atoms with E-state index in [-0.39, 0.29) is 0 Å². The van der Waals surface area contributed by atoms with E-state index in [9.17, 15) is 0 Å². The largest absolute Gasteiger partial charge is 0.369 e. The van der Waals surface area contributed by atoms with Crippen LogP contribution in [0.4, 0.5) is 11.6 Å². The van der Waals surface area contributed by atoms with Gasteiger partial charge in [-0.25, -0.2) is 4.98 Å². The van der Waals surface area contributed by atoms with Gasteiger partial charge in [-0.2, -0.15) is 0 Å². The maximum atomic E-state index is 6.23. The Labute approximate surface area is 137 Å². The lowest BCUT2D eigenvalue weighted by Crippen LogP contribution is -2.22. The molecule has 2 N–H and O–H groups in total. The SMILES string of the molecule is CCCNc1nc(NCC2CCN(CC)C2)c(Cl)cc1Cl. The number of aromatic nitrogens is 1. The Kier molecular flexibility index (Phi) is 6.40. The van der Waals surface area contributed by atoms with E-state index in [2.05, 4.69) is 34.4 Å². The van der Waals surface area contributed by atoms with Crippen LogP contribution in [0, 0.1) is 5.92 Å². The number of likely N-dealkylation sites (tertiary alicyclic amines) is 1. The molecule has 2 heterocycles. The summed E-state index contributed by atoms with van der Waals surface area (Å²) in [5.74, 6) is 2.08. The van der Waals surface area contributed by atoms with Crippen molar-refractivity contribution in [2.45, 2.75) is 26.7 Å². The molecule has 0 amide bonds. The number of nitrogens with zero attached hydrogens (tertiary/aromatic N) is 2. The molecule has 1 aliphatic rings. The molecule has 1 unspecified atom stereocenters. The van der Waals surface area contributed by atoms with E-state index in [4.69, 9.17) is 23.2 Å². The molecule has 0 spiro atoms. The molecule has 1 saturated heterocycles. The molecule has 0 saturated carbocycles. The monoisotopic (exact) mass is 330 g/mol. The molecule has 21 heavy (non-hydrogen) atoms. The number of nitrogens with one attached hydrogen (secondary N) is 2. The smallest absolute Gasteiger partial charge is 0.147 e. The second-order valence-corrected chi connectivity index (χ2v) is 6.32. The Morgan fingerprint density at radius 1 is 1.24 bits per heavy atom. The zero-order valence-corrected chi connectivity index (χ0v) is 14.3. The van der Waals surface area contributed by atoms with Crippen molar-refractivity contribution in [2.75, 3.05) is 43.4 Å². The maximum absolute atomic E-state index is 6.23. The molecular weight excluding hydrogens is 307 g/mol. The quantitative estimate of drug-likeness (QED) is 0.793. The molecular formula is C15H24Cl2N4. The highest BCUT2D eigenvalue weighted by atomic mass is 35.5. The van der Waals surface area contributed by atoms with Crippen molar-refractivity contribution in [3.05, 3.63) is 16.1 Å². The minimum Gasteiger partial charge on any atom is -0.369 e. The van der Waals surface area contributed by atoms with E-state index in [0.717, 1.165) is 38.4 Å². The Bertz CT molecular complexity index is 467. The van der Waals surface area contributed by atoms with Gasteiger partial charge < -0.3 is 15.5 Å². The number of rotatable bonds is 7. The van der Waals surface area contributed by atoms with Crippen molar-refractivity contribution in [3.8, 4) is 0 Å². The van der Waals surface area contributed by atoms with Gasteiger partial charge >= 0.3 is 0 Å². The zero-order valence-electron chi connectivity index (χ0n) is 12.8. The normalized spacial score (nSPS) is 19.0. The van der Waals surface area contributed by atoms with Crippen LogP contribution in [0.15, 0.2) is 6.07 Å². The predicted octanol–water partition coefficient (Wildman–Crippen LogP) is 3.96. The first-order valence-corrected chi connectivity index (χ1v) is 8.45. The second-order valence-electron chi connectivity index (χ2n) is 5.50. The number of hydrogen-bond acceptors (Lipinski definition) is 4. The molecule has 1 aliphatic heterocycles. The predicted molar refractivity (Wildman–Crippen MR) is 91.7 cm³/mol. The lowest BCUT2D eigenvalue weighted by molar-refractivity contribution is 0.345. The van der Waals surface area contributed by atoms with Crippen molar-refractivity contribution >= 4 is 34.8 Å². The van der Waals surface area contributed by atoms with Crippen LogP contribution in [0.2, 0.25) is 10.0 Å². The van der Waals surface area contributed by atoms with Crippen LogP contribution in [0.3, 0.4) is 0 Å². The van der Waals surface area contributed by atoms with Gasteiger partial charge in [0.2, 0.25) is 0 Å². The van der Waals surface area contributed by atoms with Gasteiger partial charge in [0, 0.05) is 19.6 Å². The van der Waals surface area contributed by atoms with Crippen LogP contribution in [0.25, 0.3) is 0 Å². The van der Waals surface area contributed by atoms with Crippen molar-refractivity contribution in [1.82, 2.24) is 9.88 Å². The summed E-state index contributed by atoms with van der Waals surface area (Å²) in [5.41, 5.74) is 0. The van der Waals surface area contributed by atoms with Crippen molar-refractivity contribution in [2.24, 2.45) is 5.92 Å². The van der Waals surface area contributed by atoms with Gasteiger partial charge in [0.15, 0.2) is 0 Å². The van der Waals surface area contributed by atoms with E-state index in [1.54, 1.807) is 6.07 Å². The third-order valence-corrected chi connectivity index (χ3v) is 4.42. The maximum Gasteiger partial charge on any atom is 0.147 e. The molecule has 1 aromatic rings. The van der Waals surface area contributed by atoms with Crippen molar-refractivity contribution in [3.63, 3.8) is 0 Å². The summed E-state index contributed by atoms with van der Waals surface area (Å²) in [5, 5.41) is 7.74. The lowest BCUT2D eigenvalue weighted by Gasteiger charge is -2.16. The minimum atomic E-state index is 0.567. The van der Waals surface area contributed by atoms with Gasteiger partial charge in [0.05, 0.1) is 10.0 Å². The van der Waals surface area contributed by atoms with Crippen molar-refractivity contribution < 1.29 is 0 Å². The van der Waals surface area contributed by atoms with Crippen molar-refractivity contribution in [1.29, 1.82) is 0 Å². The summed E-state index contributed by atoms with van der Waals surface area (Å²) < 4.78 is 0. The zero-order chi connectivity index (χ0) is 15.2. The molecule has 0 radical (unpaired) electrons. The Morgan fingerprint density at radius 2 is 1.95 bits per heavy atom. The molecule has 4 nitrogen and oxygen atoms in total. The minimum absolute atomic E-state index is 0.567. The molecule has 0 aliphatic carbocycles. The fraction of sp³-hybridized carbons (Fsp3) is 0.667. The molecule has 1 atom stereocenters. The number of pyridine rings is 1. The highest BCUT2D eigenvalue weighted by molar-refractivity contribution is 6.37. The number of hydrogen-bond donors (Lipinski definition) is 2. The number of anilines is 2. The Balaban J connectivity index is 1.96. The summed E-state index contributed by atoms with van der Waals surface area (Å²) >= 11 is 12.4. The fourth-order valence-electron chi connectivity index (χ4n) is 2.57. The first-order chi connectivity index (χ1) is 10.1. The topological polar surface area (TPSA) is 40.2 Å². The fourth-order valence-corrected chi connectivity index (χ4v) is 3.06. The number of halogens is 2. The van der Waals surface area contributed by atoms with E-state index < -0.39 is 0 Å². The van der Waals surface area contributed by atoms with Crippen LogP contribution in [0.5, 0.6) is 0 Å². The van der Waals surface area contributed by atoms with Crippen LogP contribution >= 0.6 is 23.2 Å². The van der Waals surface area contributed by atoms with Gasteiger partial charge in [-0.15, -0.1) is 0 Å². The van der Waals surface area contributed by atoms with Gasteiger partial charge in [0.1, 0.15) is 11.6 Å². The van der Waals surface area contributed by atoms with E-state index in [1.165, 1.54) is 13.0 Å². The van der Waals surface area contributed by atoms with E-state index in [1.807, 2.05) is 0 Å². The third kappa shape index (κ3) is 4.63. The molecule has 1 aromatic heterocycles. The van der Waals surface area contributed by atoms with Gasteiger partial charge in [-0.1, -0.05) is 37.0 Å². The average Bonchev–Trinajstić information content (AvgIpc) is 2.93. The van der Waals surface area contributed by atoms with Crippen LogP contribution in [0.1, 0.15) is 26.7 Å². The summed E-state index contributed by atoms with van der Waals surface area (Å²) in [7, 11) is 0. The van der Waals surface area contributed by atoms with E-state index in [0.29, 0.717) is 21.8 Å². The van der Waals surface area contributed by atoms with Gasteiger partial charge in [-0.05, 0) is 37.9 Å². The molecule has 118 valence electrons. The van der Waals surface area contributed by atoms with Crippen LogP contribution < -0.4 is 10.6 Å². The van der Waals surface area contributed by atoms with Gasteiger partial charge in [0.25, 0.3) is 0 Å². The molecule has 2 rings (SSSR count). The summed E-state index contributed by atoms with van der Waals surface area (Å²) in [6, 6.07) is 1.75. The van der Waals surface area contributed by atoms with E-state index >= 15 is 0 Å². The Hall–Kier alpha value is -0.710. The highest BCUT2D eigenvalue weighted by Gasteiger charge is 2.21. The molecule has 1 fully saturated rings. The van der Waals surface area contributed by atoms with Crippen LogP contribution in [-0.2, 0) is 0 Å². The second kappa shape index (κ2) is 8.06. The Morgan fingerprint density at radius 3 is 2.57 bits per heavy atom. The molecule has 6 heteroatoms. The first-order valence-electron chi connectivity index (χ1n) is 7.70. The summed E-state index contributed by atoms with van der Waals surface area (Å²) in [6.07, 6.45) is 2.26. The molecule has 0 aromatic carbocycles. The highest BCUT2D eigenvalue weighted by Crippen LogP contribution is 2.29. The first kappa shape index (κ1) is 16.7. The summed E-state index contributed by atoms with van der Waals surface area (Å²) in [4.78, 5) is 6.98.